The standard InChI is InChI=1S/C13H17N3/c14-10-5-4-9-6-12(16-13(9)7-10)8-15-11-2-1-3-11/h4-7,11,15-16H,1-3,8,14H2. The van der Waals surface area contributed by atoms with Gasteiger partial charge in [0, 0.05) is 29.5 Å². The molecule has 16 heavy (non-hydrogen) atoms. The number of rotatable bonds is 3. The van der Waals surface area contributed by atoms with E-state index in [-0.39, 0.29) is 0 Å². The fraction of sp³-hybridized carbons (Fsp3) is 0.385. The second kappa shape index (κ2) is 3.83. The van der Waals surface area contributed by atoms with E-state index in [1.54, 1.807) is 0 Å². The zero-order chi connectivity index (χ0) is 11.0. The zero-order valence-corrected chi connectivity index (χ0v) is 9.29. The second-order valence-electron chi connectivity index (χ2n) is 4.65. The van der Waals surface area contributed by atoms with E-state index in [1.807, 2.05) is 12.1 Å². The molecule has 3 nitrogen and oxygen atoms in total. The molecule has 3 heteroatoms. The number of nitrogens with two attached hydrogens (primary N) is 1. The molecule has 0 aliphatic heterocycles. The summed E-state index contributed by atoms with van der Waals surface area (Å²) in [6.07, 6.45) is 4.03. The average molecular weight is 215 g/mol. The van der Waals surface area contributed by atoms with Crippen LogP contribution < -0.4 is 11.1 Å². The third-order valence-corrected chi connectivity index (χ3v) is 3.39. The number of aromatic amines is 1. The number of hydrogen-bond acceptors (Lipinski definition) is 2. The molecule has 1 aromatic carbocycles. The summed E-state index contributed by atoms with van der Waals surface area (Å²) in [6.45, 7) is 0.930. The molecule has 0 amide bonds. The molecule has 1 aliphatic carbocycles. The number of fused-ring (bicyclic) bond motifs is 1. The van der Waals surface area contributed by atoms with Crippen molar-refractivity contribution in [3.05, 3.63) is 30.0 Å². The largest absolute Gasteiger partial charge is 0.399 e. The lowest BCUT2D eigenvalue weighted by Crippen LogP contribution is -2.34. The van der Waals surface area contributed by atoms with Gasteiger partial charge in [-0.25, -0.2) is 0 Å². The van der Waals surface area contributed by atoms with Crippen molar-refractivity contribution >= 4 is 16.6 Å². The summed E-state index contributed by atoms with van der Waals surface area (Å²) in [6, 6.07) is 8.92. The molecule has 1 fully saturated rings. The van der Waals surface area contributed by atoms with E-state index in [9.17, 15) is 0 Å². The van der Waals surface area contributed by atoms with Crippen molar-refractivity contribution in [3.8, 4) is 0 Å². The van der Waals surface area contributed by atoms with Crippen molar-refractivity contribution in [2.24, 2.45) is 0 Å². The Kier molecular flexibility index (Phi) is 2.33. The second-order valence-corrected chi connectivity index (χ2v) is 4.65. The van der Waals surface area contributed by atoms with Gasteiger partial charge in [0.25, 0.3) is 0 Å². The van der Waals surface area contributed by atoms with Crippen molar-refractivity contribution in [3.63, 3.8) is 0 Å². The van der Waals surface area contributed by atoms with Crippen LogP contribution in [0.2, 0.25) is 0 Å². The lowest BCUT2D eigenvalue weighted by Gasteiger charge is -2.26. The Morgan fingerprint density at radius 1 is 1.31 bits per heavy atom. The third-order valence-electron chi connectivity index (χ3n) is 3.39. The highest BCUT2D eigenvalue weighted by molar-refractivity contribution is 5.83. The van der Waals surface area contributed by atoms with Crippen LogP contribution in [0.25, 0.3) is 10.9 Å². The zero-order valence-electron chi connectivity index (χ0n) is 9.29. The highest BCUT2D eigenvalue weighted by atomic mass is 14.9. The van der Waals surface area contributed by atoms with E-state index in [0.29, 0.717) is 0 Å². The Morgan fingerprint density at radius 3 is 2.94 bits per heavy atom. The topological polar surface area (TPSA) is 53.8 Å². The summed E-state index contributed by atoms with van der Waals surface area (Å²) in [5, 5.41) is 4.78. The van der Waals surface area contributed by atoms with Crippen molar-refractivity contribution in [2.75, 3.05) is 5.73 Å². The first kappa shape index (κ1) is 9.73. The predicted molar refractivity (Wildman–Crippen MR) is 67.2 cm³/mol. The Hall–Kier alpha value is -1.48. The minimum Gasteiger partial charge on any atom is -0.399 e. The van der Waals surface area contributed by atoms with Crippen LogP contribution in [0.5, 0.6) is 0 Å². The molecule has 1 aromatic heterocycles. The van der Waals surface area contributed by atoms with Gasteiger partial charge in [-0.1, -0.05) is 12.5 Å². The molecule has 1 aliphatic rings. The maximum Gasteiger partial charge on any atom is 0.0477 e. The van der Waals surface area contributed by atoms with Crippen LogP contribution in [-0.4, -0.2) is 11.0 Å². The lowest BCUT2D eigenvalue weighted by molar-refractivity contribution is 0.337. The summed E-state index contributed by atoms with van der Waals surface area (Å²) in [5.41, 5.74) is 8.94. The molecule has 1 saturated carbocycles. The van der Waals surface area contributed by atoms with E-state index < -0.39 is 0 Å². The summed E-state index contributed by atoms with van der Waals surface area (Å²) >= 11 is 0. The molecule has 1 heterocycles. The number of aromatic nitrogens is 1. The molecule has 3 rings (SSSR count). The van der Waals surface area contributed by atoms with Gasteiger partial charge >= 0.3 is 0 Å². The van der Waals surface area contributed by atoms with Gasteiger partial charge in [-0.15, -0.1) is 0 Å². The smallest absolute Gasteiger partial charge is 0.0477 e. The molecule has 0 bridgehead atoms. The Morgan fingerprint density at radius 2 is 2.19 bits per heavy atom. The van der Waals surface area contributed by atoms with E-state index in [2.05, 4.69) is 22.4 Å². The molecule has 0 radical (unpaired) electrons. The van der Waals surface area contributed by atoms with Gasteiger partial charge in [0.2, 0.25) is 0 Å². The van der Waals surface area contributed by atoms with Crippen LogP contribution in [0, 0.1) is 0 Å². The van der Waals surface area contributed by atoms with E-state index in [1.165, 1.54) is 30.3 Å². The Balaban J connectivity index is 1.76. The first-order valence-electron chi connectivity index (χ1n) is 5.92. The van der Waals surface area contributed by atoms with Gasteiger partial charge < -0.3 is 16.0 Å². The van der Waals surface area contributed by atoms with Gasteiger partial charge in [-0.2, -0.15) is 0 Å². The number of benzene rings is 1. The highest BCUT2D eigenvalue weighted by Gasteiger charge is 2.16. The number of hydrogen-bond donors (Lipinski definition) is 3. The average Bonchev–Trinajstić information content (AvgIpc) is 2.57. The first-order chi connectivity index (χ1) is 7.81. The monoisotopic (exact) mass is 215 g/mol. The van der Waals surface area contributed by atoms with E-state index >= 15 is 0 Å². The number of nitrogens with one attached hydrogen (secondary N) is 2. The summed E-state index contributed by atoms with van der Waals surface area (Å²) in [5.74, 6) is 0. The van der Waals surface area contributed by atoms with Crippen LogP contribution in [0.3, 0.4) is 0 Å². The molecular formula is C13H17N3. The summed E-state index contributed by atoms with van der Waals surface area (Å²) in [7, 11) is 0. The van der Waals surface area contributed by atoms with Crippen LogP contribution in [0.1, 0.15) is 25.0 Å². The van der Waals surface area contributed by atoms with Crippen LogP contribution >= 0.6 is 0 Å². The summed E-state index contributed by atoms with van der Waals surface area (Å²) in [4.78, 5) is 3.40. The van der Waals surface area contributed by atoms with Crippen molar-refractivity contribution in [1.82, 2.24) is 10.3 Å². The van der Waals surface area contributed by atoms with E-state index in [4.69, 9.17) is 5.73 Å². The van der Waals surface area contributed by atoms with Gasteiger partial charge in [0.15, 0.2) is 0 Å². The number of nitrogen functional groups attached to an aromatic ring is 1. The molecule has 0 saturated heterocycles. The predicted octanol–water partition coefficient (Wildman–Crippen LogP) is 2.39. The van der Waals surface area contributed by atoms with Crippen molar-refractivity contribution < 1.29 is 0 Å². The number of anilines is 1. The minimum atomic E-state index is 0.733. The highest BCUT2D eigenvalue weighted by Crippen LogP contribution is 2.20. The summed E-state index contributed by atoms with van der Waals surface area (Å²) < 4.78 is 0. The Bertz CT molecular complexity index is 497. The van der Waals surface area contributed by atoms with Crippen LogP contribution in [0.4, 0.5) is 5.69 Å². The van der Waals surface area contributed by atoms with E-state index in [0.717, 1.165) is 23.8 Å². The molecular weight excluding hydrogens is 198 g/mol. The van der Waals surface area contributed by atoms with Crippen LogP contribution in [-0.2, 0) is 6.54 Å². The van der Waals surface area contributed by atoms with Gasteiger partial charge in [0.1, 0.15) is 0 Å². The molecule has 4 N–H and O–H groups in total. The molecule has 84 valence electrons. The number of H-pyrrole nitrogens is 1. The van der Waals surface area contributed by atoms with Gasteiger partial charge in [0.05, 0.1) is 0 Å². The fourth-order valence-electron chi connectivity index (χ4n) is 2.17. The molecule has 0 spiro atoms. The van der Waals surface area contributed by atoms with Gasteiger partial charge in [-0.05, 0) is 36.4 Å². The third kappa shape index (κ3) is 1.78. The van der Waals surface area contributed by atoms with Gasteiger partial charge in [-0.3, -0.25) is 0 Å². The molecule has 0 unspecified atom stereocenters. The maximum absolute atomic E-state index is 5.75. The van der Waals surface area contributed by atoms with Crippen molar-refractivity contribution in [2.45, 2.75) is 31.8 Å². The first-order valence-corrected chi connectivity index (χ1v) is 5.92. The lowest BCUT2D eigenvalue weighted by atomic mass is 9.93. The molecule has 2 aromatic rings. The SMILES string of the molecule is Nc1ccc2cc(CNC3CCC3)[nH]c2c1. The quantitative estimate of drug-likeness (QED) is 0.689. The Labute approximate surface area is 95.0 Å². The van der Waals surface area contributed by atoms with Crippen LogP contribution in [0.15, 0.2) is 24.3 Å². The fourth-order valence-corrected chi connectivity index (χ4v) is 2.17. The normalized spacial score (nSPS) is 16.5. The minimum absolute atomic E-state index is 0.733. The maximum atomic E-state index is 5.75. The van der Waals surface area contributed by atoms with Crippen molar-refractivity contribution in [1.29, 1.82) is 0 Å². The molecule has 0 atom stereocenters.